The van der Waals surface area contributed by atoms with Crippen molar-refractivity contribution in [3.05, 3.63) is 52.7 Å². The number of aliphatic hydroxyl groups is 1. The number of ether oxygens (including phenoxy) is 2. The Morgan fingerprint density at radius 1 is 1.18 bits per heavy atom. The molecule has 208 valence electrons. The summed E-state index contributed by atoms with van der Waals surface area (Å²) in [6.07, 6.45) is 1.50. The molecule has 11 nitrogen and oxygen atoms in total. The first kappa shape index (κ1) is 28.4. The normalized spacial score (nSPS) is 15.2. The SMILES string of the molecule is CCN1Cc2cc(OC)c(Nc3ncc(Cl)c(Nc4ccc(OC)c(CNCCO)c4)n3)cc2NC(=O)C1C. The van der Waals surface area contributed by atoms with Gasteiger partial charge in [-0.25, -0.2) is 4.98 Å². The van der Waals surface area contributed by atoms with Crippen LogP contribution in [0.2, 0.25) is 5.02 Å². The molecule has 1 aliphatic heterocycles. The molecule has 0 spiro atoms. The number of benzene rings is 2. The molecular formula is C27H34ClN7O4. The van der Waals surface area contributed by atoms with Gasteiger partial charge < -0.3 is 35.8 Å². The van der Waals surface area contributed by atoms with E-state index >= 15 is 0 Å². The van der Waals surface area contributed by atoms with E-state index < -0.39 is 0 Å². The van der Waals surface area contributed by atoms with Gasteiger partial charge in [0.1, 0.15) is 16.5 Å². The first-order valence-corrected chi connectivity index (χ1v) is 13.1. The standard InChI is InChI=1S/C27H34ClN7O4/c1-5-35-15-18-11-24(39-4)22(12-21(18)32-26(37)16(35)2)33-27-30-14-20(28)25(34-27)31-19-6-7-23(38-3)17(10-19)13-29-8-9-36/h6-7,10-12,14,16,29,36H,5,8-9,13,15H2,1-4H3,(H,32,37)(H2,30,31,33,34). The topological polar surface area (TPSA) is 133 Å². The highest BCUT2D eigenvalue weighted by molar-refractivity contribution is 6.32. The summed E-state index contributed by atoms with van der Waals surface area (Å²) in [5.74, 6) is 1.95. The number of rotatable bonds is 11. The van der Waals surface area contributed by atoms with Crippen LogP contribution in [0.15, 0.2) is 36.5 Å². The van der Waals surface area contributed by atoms with Crippen molar-refractivity contribution in [3.63, 3.8) is 0 Å². The molecule has 4 rings (SSSR count). The Morgan fingerprint density at radius 2 is 1.97 bits per heavy atom. The van der Waals surface area contributed by atoms with Crippen molar-refractivity contribution in [2.75, 3.05) is 49.9 Å². The maximum Gasteiger partial charge on any atom is 0.241 e. The van der Waals surface area contributed by atoms with Gasteiger partial charge in [-0.2, -0.15) is 4.98 Å². The van der Waals surface area contributed by atoms with E-state index in [1.54, 1.807) is 14.2 Å². The number of hydrogen-bond donors (Lipinski definition) is 5. The fourth-order valence-electron chi connectivity index (χ4n) is 4.35. The first-order chi connectivity index (χ1) is 18.9. The number of aliphatic hydroxyl groups excluding tert-OH is 1. The average Bonchev–Trinajstić information content (AvgIpc) is 3.05. The van der Waals surface area contributed by atoms with E-state index in [4.69, 9.17) is 26.2 Å². The molecule has 3 aromatic rings. The number of carbonyl (C=O) groups excluding carboxylic acids is 1. The molecule has 12 heteroatoms. The first-order valence-electron chi connectivity index (χ1n) is 12.7. The number of carbonyl (C=O) groups is 1. The van der Waals surface area contributed by atoms with E-state index in [0.29, 0.717) is 53.5 Å². The Hall–Kier alpha value is -3.64. The molecule has 0 bridgehead atoms. The summed E-state index contributed by atoms with van der Waals surface area (Å²) in [7, 11) is 3.20. The van der Waals surface area contributed by atoms with Crippen LogP contribution in [0, 0.1) is 0 Å². The predicted octanol–water partition coefficient (Wildman–Crippen LogP) is 3.88. The van der Waals surface area contributed by atoms with Crippen LogP contribution in [-0.2, 0) is 17.9 Å². The maximum absolute atomic E-state index is 12.7. The van der Waals surface area contributed by atoms with Crippen molar-refractivity contribution in [2.45, 2.75) is 33.0 Å². The van der Waals surface area contributed by atoms with Gasteiger partial charge in [-0.1, -0.05) is 18.5 Å². The number of methoxy groups -OCH3 is 2. The van der Waals surface area contributed by atoms with E-state index in [-0.39, 0.29) is 18.6 Å². The minimum Gasteiger partial charge on any atom is -0.496 e. The van der Waals surface area contributed by atoms with Gasteiger partial charge in [0, 0.05) is 36.6 Å². The third-order valence-corrected chi connectivity index (χ3v) is 6.80. The zero-order chi connectivity index (χ0) is 27.9. The zero-order valence-electron chi connectivity index (χ0n) is 22.5. The van der Waals surface area contributed by atoms with Crippen LogP contribution in [-0.4, -0.2) is 65.8 Å². The Balaban J connectivity index is 1.59. The summed E-state index contributed by atoms with van der Waals surface area (Å²) in [4.78, 5) is 23.7. The van der Waals surface area contributed by atoms with Crippen LogP contribution in [0.4, 0.5) is 28.8 Å². The van der Waals surface area contributed by atoms with Crippen molar-refractivity contribution in [1.29, 1.82) is 0 Å². The summed E-state index contributed by atoms with van der Waals surface area (Å²) in [5, 5.41) is 22.0. The molecule has 1 aromatic heterocycles. The number of likely N-dealkylation sites (N-methyl/N-ethyl adjacent to an activating group) is 1. The fraction of sp³-hybridized carbons (Fsp3) is 0.370. The average molecular weight is 556 g/mol. The van der Waals surface area contributed by atoms with E-state index in [9.17, 15) is 4.79 Å². The van der Waals surface area contributed by atoms with Crippen molar-refractivity contribution in [2.24, 2.45) is 0 Å². The van der Waals surface area contributed by atoms with Crippen LogP contribution in [0.1, 0.15) is 25.0 Å². The molecule has 2 aromatic carbocycles. The molecule has 1 unspecified atom stereocenters. The lowest BCUT2D eigenvalue weighted by molar-refractivity contribution is -0.120. The monoisotopic (exact) mass is 555 g/mol. The van der Waals surface area contributed by atoms with Gasteiger partial charge in [0.25, 0.3) is 0 Å². The molecule has 1 atom stereocenters. The van der Waals surface area contributed by atoms with Gasteiger partial charge in [0.2, 0.25) is 11.9 Å². The third-order valence-electron chi connectivity index (χ3n) is 6.53. The maximum atomic E-state index is 12.7. The predicted molar refractivity (Wildman–Crippen MR) is 153 cm³/mol. The molecule has 5 N–H and O–H groups in total. The van der Waals surface area contributed by atoms with Crippen LogP contribution < -0.4 is 30.7 Å². The molecule has 0 saturated heterocycles. The van der Waals surface area contributed by atoms with Crippen molar-refractivity contribution >= 4 is 46.3 Å². The lowest BCUT2D eigenvalue weighted by Gasteiger charge is -2.23. The minimum absolute atomic E-state index is 0.0459. The number of anilines is 5. The van der Waals surface area contributed by atoms with Gasteiger partial charge >= 0.3 is 0 Å². The molecule has 0 radical (unpaired) electrons. The second-order valence-electron chi connectivity index (χ2n) is 9.01. The number of aromatic nitrogens is 2. The summed E-state index contributed by atoms with van der Waals surface area (Å²) < 4.78 is 11.1. The van der Waals surface area contributed by atoms with Crippen molar-refractivity contribution < 1.29 is 19.4 Å². The van der Waals surface area contributed by atoms with Gasteiger partial charge in [0.05, 0.1) is 38.8 Å². The molecule has 2 heterocycles. The number of amides is 1. The molecule has 0 aliphatic carbocycles. The van der Waals surface area contributed by atoms with Gasteiger partial charge in [-0.15, -0.1) is 0 Å². The summed E-state index contributed by atoms with van der Waals surface area (Å²) in [6, 6.07) is 9.13. The minimum atomic E-state index is -0.248. The lowest BCUT2D eigenvalue weighted by atomic mass is 10.1. The van der Waals surface area contributed by atoms with Crippen LogP contribution >= 0.6 is 11.6 Å². The molecule has 39 heavy (non-hydrogen) atoms. The lowest BCUT2D eigenvalue weighted by Crippen LogP contribution is -2.39. The number of hydrogen-bond acceptors (Lipinski definition) is 10. The quantitative estimate of drug-likeness (QED) is 0.222. The highest BCUT2D eigenvalue weighted by Gasteiger charge is 2.27. The van der Waals surface area contributed by atoms with Crippen molar-refractivity contribution in [1.82, 2.24) is 20.2 Å². The zero-order valence-corrected chi connectivity index (χ0v) is 23.2. The number of fused-ring (bicyclic) bond motifs is 1. The van der Waals surface area contributed by atoms with Gasteiger partial charge in [-0.3, -0.25) is 9.69 Å². The Labute approximate surface area is 232 Å². The number of halogens is 1. The summed E-state index contributed by atoms with van der Waals surface area (Å²) >= 11 is 6.42. The molecule has 1 aliphatic rings. The van der Waals surface area contributed by atoms with E-state index in [1.807, 2.05) is 44.2 Å². The second-order valence-corrected chi connectivity index (χ2v) is 9.41. The second kappa shape index (κ2) is 12.9. The van der Waals surface area contributed by atoms with Crippen LogP contribution in [0.25, 0.3) is 0 Å². The Bertz CT molecular complexity index is 1320. The summed E-state index contributed by atoms with van der Waals surface area (Å²) in [5.41, 5.74) is 3.93. The van der Waals surface area contributed by atoms with E-state index in [0.717, 1.165) is 29.1 Å². The number of nitrogens with one attached hydrogen (secondary N) is 4. The highest BCUT2D eigenvalue weighted by atomic mass is 35.5. The third kappa shape index (κ3) is 6.69. The molecular weight excluding hydrogens is 522 g/mol. The van der Waals surface area contributed by atoms with Crippen LogP contribution in [0.3, 0.4) is 0 Å². The fourth-order valence-corrected chi connectivity index (χ4v) is 4.49. The highest BCUT2D eigenvalue weighted by Crippen LogP contribution is 2.36. The number of nitrogens with zero attached hydrogens (tertiary/aromatic N) is 3. The van der Waals surface area contributed by atoms with E-state index in [2.05, 4.69) is 36.1 Å². The van der Waals surface area contributed by atoms with Crippen LogP contribution in [0.5, 0.6) is 11.5 Å². The Morgan fingerprint density at radius 3 is 2.69 bits per heavy atom. The smallest absolute Gasteiger partial charge is 0.241 e. The molecule has 0 fully saturated rings. The van der Waals surface area contributed by atoms with Gasteiger partial charge in [-0.05, 0) is 49.4 Å². The summed E-state index contributed by atoms with van der Waals surface area (Å²) in [6.45, 7) is 6.34. The van der Waals surface area contributed by atoms with Crippen molar-refractivity contribution in [3.8, 4) is 11.5 Å². The van der Waals surface area contributed by atoms with E-state index in [1.165, 1.54) is 6.20 Å². The Kier molecular flexibility index (Phi) is 9.41. The molecule has 1 amide bonds. The largest absolute Gasteiger partial charge is 0.496 e. The molecule has 0 saturated carbocycles. The van der Waals surface area contributed by atoms with Gasteiger partial charge in [0.15, 0.2) is 5.82 Å².